The quantitative estimate of drug-likeness (QED) is 0.918. The van der Waals surface area contributed by atoms with Crippen LogP contribution in [0.3, 0.4) is 0 Å². The number of likely N-dealkylation sites (N-methyl/N-ethyl adjacent to an activating group) is 1. The Bertz CT molecular complexity index is 561. The molecule has 1 aliphatic rings. The fraction of sp³-hybridized carbons (Fsp3) is 0.471. The summed E-state index contributed by atoms with van der Waals surface area (Å²) < 4.78 is 5.47. The van der Waals surface area contributed by atoms with Gasteiger partial charge in [-0.2, -0.15) is 0 Å². The maximum atomic E-state index is 5.47. The highest BCUT2D eigenvalue weighted by molar-refractivity contribution is 7.12. The first-order chi connectivity index (χ1) is 10.4. The van der Waals surface area contributed by atoms with E-state index in [1.54, 1.807) is 0 Å². The highest BCUT2D eigenvalue weighted by Gasteiger charge is 2.22. The smallest absolute Gasteiger partial charge is 0.0968 e. The molecular weight excluding hydrogens is 280 g/mol. The van der Waals surface area contributed by atoms with Gasteiger partial charge in [0.25, 0.3) is 0 Å². The monoisotopic (exact) mass is 302 g/mol. The molecule has 112 valence electrons. The van der Waals surface area contributed by atoms with Gasteiger partial charge in [-0.15, -0.1) is 11.3 Å². The number of hydrogen-bond donors (Lipinski definition) is 1. The molecule has 2 aromatic rings. The van der Waals surface area contributed by atoms with E-state index >= 15 is 0 Å². The van der Waals surface area contributed by atoms with Crippen molar-refractivity contribution in [3.63, 3.8) is 0 Å². The Morgan fingerprint density at radius 2 is 2.00 bits per heavy atom. The molecule has 1 aromatic heterocycles. The van der Waals surface area contributed by atoms with Crippen LogP contribution in [0.25, 0.3) is 11.3 Å². The van der Waals surface area contributed by atoms with Gasteiger partial charge in [-0.05, 0) is 32.9 Å². The maximum Gasteiger partial charge on any atom is 0.0968 e. The lowest BCUT2D eigenvalue weighted by Gasteiger charge is -2.19. The Balaban J connectivity index is 1.90. The lowest BCUT2D eigenvalue weighted by atomic mass is 10.0. The number of hydrogen-bond acceptors (Lipinski definition) is 4. The number of nitrogens with one attached hydrogen (secondary N) is 1. The number of rotatable bonds is 5. The lowest BCUT2D eigenvalue weighted by Crippen LogP contribution is -2.13. The molecule has 0 saturated carbocycles. The van der Waals surface area contributed by atoms with Crippen molar-refractivity contribution in [3.8, 4) is 11.3 Å². The zero-order valence-electron chi connectivity index (χ0n) is 12.5. The summed E-state index contributed by atoms with van der Waals surface area (Å²) >= 11 is 1.89. The van der Waals surface area contributed by atoms with Gasteiger partial charge in [0, 0.05) is 29.6 Å². The number of thiazole rings is 1. The molecule has 2 heterocycles. The van der Waals surface area contributed by atoms with E-state index in [-0.39, 0.29) is 0 Å². The van der Waals surface area contributed by atoms with Crippen LogP contribution in [-0.2, 0) is 11.2 Å². The molecule has 3 nitrogen and oxygen atoms in total. The molecule has 0 unspecified atom stereocenters. The number of aromatic nitrogens is 1. The van der Waals surface area contributed by atoms with Gasteiger partial charge in [-0.1, -0.05) is 30.3 Å². The van der Waals surface area contributed by atoms with Crippen LogP contribution in [0.4, 0.5) is 0 Å². The molecule has 1 fully saturated rings. The molecule has 1 aliphatic heterocycles. The van der Waals surface area contributed by atoms with Gasteiger partial charge >= 0.3 is 0 Å². The zero-order valence-corrected chi connectivity index (χ0v) is 13.3. The summed E-state index contributed by atoms with van der Waals surface area (Å²) in [4.78, 5) is 6.39. The largest absolute Gasteiger partial charge is 0.381 e. The van der Waals surface area contributed by atoms with E-state index in [0.29, 0.717) is 5.92 Å². The van der Waals surface area contributed by atoms with Crippen molar-refractivity contribution in [2.45, 2.75) is 25.2 Å². The average Bonchev–Trinajstić information content (AvgIpc) is 2.99. The Morgan fingerprint density at radius 3 is 2.71 bits per heavy atom. The van der Waals surface area contributed by atoms with Crippen LogP contribution in [0, 0.1) is 0 Å². The van der Waals surface area contributed by atoms with Crippen molar-refractivity contribution in [3.05, 3.63) is 40.2 Å². The van der Waals surface area contributed by atoms with E-state index in [4.69, 9.17) is 9.72 Å². The topological polar surface area (TPSA) is 34.1 Å². The Hall–Kier alpha value is -1.23. The average molecular weight is 302 g/mol. The van der Waals surface area contributed by atoms with Crippen molar-refractivity contribution in [1.29, 1.82) is 0 Å². The molecule has 21 heavy (non-hydrogen) atoms. The van der Waals surface area contributed by atoms with E-state index < -0.39 is 0 Å². The minimum atomic E-state index is 0.578. The summed E-state index contributed by atoms with van der Waals surface area (Å²) in [5.41, 5.74) is 2.41. The SMILES string of the molecule is CNCCc1sc(C2CCOCC2)nc1-c1ccccc1. The highest BCUT2D eigenvalue weighted by atomic mass is 32.1. The van der Waals surface area contributed by atoms with E-state index in [0.717, 1.165) is 39.0 Å². The third kappa shape index (κ3) is 3.51. The fourth-order valence-corrected chi connectivity index (χ4v) is 3.97. The molecule has 0 spiro atoms. The molecule has 1 N–H and O–H groups in total. The van der Waals surface area contributed by atoms with E-state index in [1.807, 2.05) is 18.4 Å². The van der Waals surface area contributed by atoms with Gasteiger partial charge in [0.2, 0.25) is 0 Å². The molecule has 3 rings (SSSR count). The van der Waals surface area contributed by atoms with Crippen LogP contribution in [0.15, 0.2) is 30.3 Å². The molecule has 4 heteroatoms. The second-order valence-corrected chi connectivity index (χ2v) is 6.55. The van der Waals surface area contributed by atoms with Gasteiger partial charge < -0.3 is 10.1 Å². The summed E-state index contributed by atoms with van der Waals surface area (Å²) in [7, 11) is 2.00. The lowest BCUT2D eigenvalue weighted by molar-refractivity contribution is 0.0853. The van der Waals surface area contributed by atoms with Gasteiger partial charge in [-0.25, -0.2) is 4.98 Å². The molecule has 0 aliphatic carbocycles. The third-order valence-electron chi connectivity index (χ3n) is 3.93. The summed E-state index contributed by atoms with van der Waals surface area (Å²) in [5.74, 6) is 0.578. The van der Waals surface area contributed by atoms with Gasteiger partial charge in [0.15, 0.2) is 0 Å². The van der Waals surface area contributed by atoms with Crippen molar-refractivity contribution in [2.75, 3.05) is 26.8 Å². The Labute approximate surface area is 130 Å². The first-order valence-electron chi connectivity index (χ1n) is 7.66. The van der Waals surface area contributed by atoms with Crippen LogP contribution < -0.4 is 5.32 Å². The zero-order chi connectivity index (χ0) is 14.5. The molecule has 1 saturated heterocycles. The van der Waals surface area contributed by atoms with E-state index in [9.17, 15) is 0 Å². The van der Waals surface area contributed by atoms with Crippen LogP contribution >= 0.6 is 11.3 Å². The van der Waals surface area contributed by atoms with Gasteiger partial charge in [-0.3, -0.25) is 0 Å². The highest BCUT2D eigenvalue weighted by Crippen LogP contribution is 2.35. The molecule has 0 bridgehead atoms. The van der Waals surface area contributed by atoms with Crippen molar-refractivity contribution in [2.24, 2.45) is 0 Å². The molecular formula is C17H22N2OS. The van der Waals surface area contributed by atoms with Crippen molar-refractivity contribution in [1.82, 2.24) is 10.3 Å². The fourth-order valence-electron chi connectivity index (χ4n) is 2.72. The Kier molecular flexibility index (Phi) is 5.01. The summed E-state index contributed by atoms with van der Waals surface area (Å²) in [5, 5.41) is 4.54. The van der Waals surface area contributed by atoms with Crippen LogP contribution in [0.5, 0.6) is 0 Å². The van der Waals surface area contributed by atoms with Crippen molar-refractivity contribution >= 4 is 11.3 Å². The number of ether oxygens (including phenoxy) is 1. The van der Waals surface area contributed by atoms with Crippen LogP contribution in [-0.4, -0.2) is 31.8 Å². The first-order valence-corrected chi connectivity index (χ1v) is 8.47. The summed E-state index contributed by atoms with van der Waals surface area (Å²) in [6, 6.07) is 10.6. The van der Waals surface area contributed by atoms with E-state index in [1.165, 1.54) is 21.1 Å². The summed E-state index contributed by atoms with van der Waals surface area (Å²) in [6.07, 6.45) is 3.25. The molecule has 0 atom stereocenters. The van der Waals surface area contributed by atoms with Crippen LogP contribution in [0.2, 0.25) is 0 Å². The molecule has 0 amide bonds. The second kappa shape index (κ2) is 7.16. The van der Waals surface area contributed by atoms with Gasteiger partial charge in [0.05, 0.1) is 10.7 Å². The molecule has 1 aromatic carbocycles. The normalized spacial score (nSPS) is 16.2. The Morgan fingerprint density at radius 1 is 1.24 bits per heavy atom. The summed E-state index contributed by atoms with van der Waals surface area (Å²) in [6.45, 7) is 2.74. The minimum Gasteiger partial charge on any atom is -0.381 e. The maximum absolute atomic E-state index is 5.47. The second-order valence-electron chi connectivity index (χ2n) is 5.43. The standard InChI is InChI=1S/C17H22N2OS/c1-18-10-7-15-16(13-5-3-2-4-6-13)19-17(21-15)14-8-11-20-12-9-14/h2-6,14,18H,7-12H2,1H3. The van der Waals surface area contributed by atoms with Gasteiger partial charge in [0.1, 0.15) is 0 Å². The van der Waals surface area contributed by atoms with Crippen LogP contribution in [0.1, 0.15) is 28.6 Å². The van der Waals surface area contributed by atoms with E-state index in [2.05, 4.69) is 35.6 Å². The minimum absolute atomic E-state index is 0.578. The molecule has 0 radical (unpaired) electrons. The number of benzene rings is 1. The van der Waals surface area contributed by atoms with Crippen molar-refractivity contribution < 1.29 is 4.74 Å². The predicted octanol–water partition coefficient (Wildman–Crippen LogP) is 3.47. The first kappa shape index (κ1) is 14.7. The third-order valence-corrected chi connectivity index (χ3v) is 5.21. The number of nitrogens with zero attached hydrogens (tertiary/aromatic N) is 1. The predicted molar refractivity (Wildman–Crippen MR) is 88.0 cm³/mol.